The molecule has 3 aromatic rings. The Morgan fingerprint density at radius 3 is 2.60 bits per heavy atom. The first-order valence-electron chi connectivity index (χ1n) is 6.49. The molecule has 0 aliphatic carbocycles. The molecule has 20 heavy (non-hydrogen) atoms. The van der Waals surface area contributed by atoms with Crippen molar-refractivity contribution in [3.8, 4) is 11.1 Å². The number of rotatable bonds is 3. The molecule has 3 rings (SSSR count). The van der Waals surface area contributed by atoms with Crippen molar-refractivity contribution in [3.05, 3.63) is 76.5 Å². The van der Waals surface area contributed by atoms with E-state index in [2.05, 4.69) is 40.4 Å². The number of aromatic amines is 1. The minimum atomic E-state index is -0.186. The van der Waals surface area contributed by atoms with E-state index in [1.807, 2.05) is 25.1 Å². The van der Waals surface area contributed by atoms with Crippen molar-refractivity contribution in [1.82, 2.24) is 14.8 Å². The summed E-state index contributed by atoms with van der Waals surface area (Å²) in [6.07, 6.45) is 1.42. The van der Waals surface area contributed by atoms with Gasteiger partial charge in [-0.15, -0.1) is 0 Å². The SMILES string of the molecule is Cc1ccc(-c2ccccc2)cc1Cn1nc[nH]c1=O. The lowest BCUT2D eigenvalue weighted by atomic mass is 10.00. The summed E-state index contributed by atoms with van der Waals surface area (Å²) in [7, 11) is 0. The maximum Gasteiger partial charge on any atom is 0.343 e. The molecule has 0 amide bonds. The first kappa shape index (κ1) is 12.4. The average molecular weight is 265 g/mol. The van der Waals surface area contributed by atoms with Gasteiger partial charge in [-0.05, 0) is 35.2 Å². The van der Waals surface area contributed by atoms with E-state index in [1.165, 1.54) is 16.6 Å². The number of hydrogen-bond acceptors (Lipinski definition) is 2. The molecule has 0 saturated heterocycles. The number of nitrogens with one attached hydrogen (secondary N) is 1. The van der Waals surface area contributed by atoms with Crippen LogP contribution in [0.2, 0.25) is 0 Å². The van der Waals surface area contributed by atoms with Gasteiger partial charge in [0.1, 0.15) is 6.33 Å². The van der Waals surface area contributed by atoms with Crippen LogP contribution in [-0.4, -0.2) is 14.8 Å². The number of hydrogen-bond donors (Lipinski definition) is 1. The molecule has 0 spiro atoms. The highest BCUT2D eigenvalue weighted by Gasteiger charge is 2.05. The van der Waals surface area contributed by atoms with Crippen LogP contribution in [0.15, 0.2) is 59.7 Å². The maximum absolute atomic E-state index is 11.5. The molecule has 4 nitrogen and oxygen atoms in total. The van der Waals surface area contributed by atoms with Crippen molar-refractivity contribution in [3.63, 3.8) is 0 Å². The number of aromatic nitrogens is 3. The fourth-order valence-electron chi connectivity index (χ4n) is 2.21. The molecular formula is C16H15N3O. The zero-order valence-electron chi connectivity index (χ0n) is 11.2. The summed E-state index contributed by atoms with van der Waals surface area (Å²) < 4.78 is 1.43. The van der Waals surface area contributed by atoms with E-state index in [9.17, 15) is 4.79 Å². The molecule has 100 valence electrons. The molecule has 0 radical (unpaired) electrons. The van der Waals surface area contributed by atoms with Crippen molar-refractivity contribution in [2.75, 3.05) is 0 Å². The van der Waals surface area contributed by atoms with Crippen LogP contribution in [0, 0.1) is 6.92 Å². The third kappa shape index (κ3) is 2.40. The third-order valence-electron chi connectivity index (χ3n) is 3.40. The Morgan fingerprint density at radius 1 is 1.10 bits per heavy atom. The quantitative estimate of drug-likeness (QED) is 0.791. The minimum Gasteiger partial charge on any atom is -0.295 e. The smallest absolute Gasteiger partial charge is 0.295 e. The van der Waals surface area contributed by atoms with E-state index in [0.717, 1.165) is 16.7 Å². The van der Waals surface area contributed by atoms with E-state index < -0.39 is 0 Å². The molecule has 0 aliphatic rings. The predicted molar refractivity (Wildman–Crippen MR) is 78.6 cm³/mol. The highest BCUT2D eigenvalue weighted by Crippen LogP contribution is 2.22. The molecule has 0 saturated carbocycles. The lowest BCUT2D eigenvalue weighted by molar-refractivity contribution is 0.656. The van der Waals surface area contributed by atoms with Crippen LogP contribution < -0.4 is 5.69 Å². The zero-order chi connectivity index (χ0) is 13.9. The average Bonchev–Trinajstić information content (AvgIpc) is 2.88. The summed E-state index contributed by atoms with van der Waals surface area (Å²) in [6.45, 7) is 2.52. The van der Waals surface area contributed by atoms with Gasteiger partial charge in [0.2, 0.25) is 0 Å². The van der Waals surface area contributed by atoms with Crippen LogP contribution in [0.5, 0.6) is 0 Å². The fraction of sp³-hybridized carbons (Fsp3) is 0.125. The standard InChI is InChI=1S/C16H15N3O/c1-12-7-8-14(13-5-3-2-4-6-13)9-15(12)10-19-16(20)17-11-18-19/h2-9,11H,10H2,1H3,(H,17,18,20). The highest BCUT2D eigenvalue weighted by molar-refractivity contribution is 5.64. The van der Waals surface area contributed by atoms with E-state index in [1.54, 1.807) is 0 Å². The van der Waals surface area contributed by atoms with Gasteiger partial charge in [-0.1, -0.05) is 42.5 Å². The summed E-state index contributed by atoms with van der Waals surface area (Å²) in [4.78, 5) is 14.1. The normalized spacial score (nSPS) is 10.7. The number of H-pyrrole nitrogens is 1. The first-order valence-corrected chi connectivity index (χ1v) is 6.49. The van der Waals surface area contributed by atoms with E-state index in [-0.39, 0.29) is 5.69 Å². The van der Waals surface area contributed by atoms with Gasteiger partial charge >= 0.3 is 5.69 Å². The largest absolute Gasteiger partial charge is 0.343 e. The summed E-state index contributed by atoms with van der Waals surface area (Å²) in [6, 6.07) is 16.5. The highest BCUT2D eigenvalue weighted by atomic mass is 16.1. The molecule has 1 heterocycles. The molecule has 1 aromatic heterocycles. The van der Waals surface area contributed by atoms with Gasteiger partial charge < -0.3 is 0 Å². The molecule has 0 fully saturated rings. The van der Waals surface area contributed by atoms with Crippen LogP contribution >= 0.6 is 0 Å². The fourth-order valence-corrected chi connectivity index (χ4v) is 2.21. The molecule has 1 N–H and O–H groups in total. The predicted octanol–water partition coefficient (Wildman–Crippen LogP) is 2.60. The van der Waals surface area contributed by atoms with Gasteiger partial charge in [0, 0.05) is 0 Å². The van der Waals surface area contributed by atoms with Crippen molar-refractivity contribution in [1.29, 1.82) is 0 Å². The summed E-state index contributed by atoms with van der Waals surface area (Å²) in [5.74, 6) is 0. The summed E-state index contributed by atoms with van der Waals surface area (Å²) in [5, 5.41) is 4.00. The molecular weight excluding hydrogens is 250 g/mol. The van der Waals surface area contributed by atoms with E-state index in [4.69, 9.17) is 0 Å². The van der Waals surface area contributed by atoms with Crippen LogP contribution in [0.3, 0.4) is 0 Å². The van der Waals surface area contributed by atoms with E-state index in [0.29, 0.717) is 6.54 Å². The van der Waals surface area contributed by atoms with Gasteiger partial charge in [0.15, 0.2) is 0 Å². The van der Waals surface area contributed by atoms with Crippen LogP contribution in [-0.2, 0) is 6.54 Å². The van der Waals surface area contributed by atoms with Gasteiger partial charge in [0.25, 0.3) is 0 Å². The monoisotopic (exact) mass is 265 g/mol. The second kappa shape index (κ2) is 5.17. The van der Waals surface area contributed by atoms with E-state index >= 15 is 0 Å². The first-order chi connectivity index (χ1) is 9.74. The molecule has 0 aliphatic heterocycles. The zero-order valence-corrected chi connectivity index (χ0v) is 11.2. The molecule has 0 atom stereocenters. The second-order valence-electron chi connectivity index (χ2n) is 4.76. The van der Waals surface area contributed by atoms with Crippen molar-refractivity contribution in [2.45, 2.75) is 13.5 Å². The Hall–Kier alpha value is -2.62. The van der Waals surface area contributed by atoms with Gasteiger partial charge in [-0.3, -0.25) is 4.98 Å². The molecule has 0 bridgehead atoms. The number of nitrogens with zero attached hydrogens (tertiary/aromatic N) is 2. The van der Waals surface area contributed by atoms with Crippen LogP contribution in [0.1, 0.15) is 11.1 Å². The lowest BCUT2D eigenvalue weighted by Crippen LogP contribution is -2.19. The van der Waals surface area contributed by atoms with Crippen LogP contribution in [0.4, 0.5) is 0 Å². The topological polar surface area (TPSA) is 50.7 Å². The summed E-state index contributed by atoms with van der Waals surface area (Å²) >= 11 is 0. The molecule has 2 aromatic carbocycles. The maximum atomic E-state index is 11.5. The van der Waals surface area contributed by atoms with Gasteiger partial charge in [0.05, 0.1) is 6.54 Å². The Morgan fingerprint density at radius 2 is 1.90 bits per heavy atom. The Bertz CT molecular complexity index is 772. The molecule has 0 unspecified atom stereocenters. The minimum absolute atomic E-state index is 0.186. The second-order valence-corrected chi connectivity index (χ2v) is 4.76. The van der Waals surface area contributed by atoms with Crippen molar-refractivity contribution < 1.29 is 0 Å². The Labute approximate surface area is 116 Å². The van der Waals surface area contributed by atoms with Crippen LogP contribution in [0.25, 0.3) is 11.1 Å². The number of aryl methyl sites for hydroxylation is 1. The Balaban J connectivity index is 1.99. The van der Waals surface area contributed by atoms with Gasteiger partial charge in [-0.25, -0.2) is 9.48 Å². The number of benzene rings is 2. The van der Waals surface area contributed by atoms with Crippen molar-refractivity contribution >= 4 is 0 Å². The third-order valence-corrected chi connectivity index (χ3v) is 3.40. The summed E-state index contributed by atoms with van der Waals surface area (Å²) in [5.41, 5.74) is 4.38. The lowest BCUT2D eigenvalue weighted by Gasteiger charge is -2.09. The van der Waals surface area contributed by atoms with Crippen molar-refractivity contribution in [2.24, 2.45) is 0 Å². The van der Waals surface area contributed by atoms with Gasteiger partial charge in [-0.2, -0.15) is 5.10 Å². The molecule has 4 heteroatoms. The Kier molecular flexibility index (Phi) is 3.21.